The number of rotatable bonds is 8. The molecule has 2 aliphatic heterocycles. The molecule has 42 heavy (non-hydrogen) atoms. The second-order valence-corrected chi connectivity index (χ2v) is 11.9. The number of aromatic nitrogens is 3. The molecule has 2 saturated heterocycles. The number of benzene rings is 1. The zero-order chi connectivity index (χ0) is 30.2. The summed E-state index contributed by atoms with van der Waals surface area (Å²) < 4.78 is 68.6. The first-order chi connectivity index (χ1) is 19.8. The number of carbonyl (C=O) groups is 2. The van der Waals surface area contributed by atoms with E-state index < -0.39 is 41.9 Å². The molecule has 0 unspecified atom stereocenters. The van der Waals surface area contributed by atoms with E-state index in [0.29, 0.717) is 41.6 Å². The Morgan fingerprint density at radius 2 is 1.86 bits per heavy atom. The molecule has 0 amide bonds. The van der Waals surface area contributed by atoms with Crippen LogP contribution in [-0.2, 0) is 23.9 Å². The summed E-state index contributed by atoms with van der Waals surface area (Å²) in [4.78, 5) is 41.2. The molecule has 0 atom stereocenters. The number of hydrogen-bond donors (Lipinski definition) is 1. The number of alkyl halides is 5. The fraction of sp³-hybridized carbons (Fsp3) is 0.464. The number of Topliss-reactive ketones (excluding diaryl/α,β-unsaturated/α-hetero) is 1. The summed E-state index contributed by atoms with van der Waals surface area (Å²) in [6.45, 7) is 2.10. The molecule has 1 N–H and O–H groups in total. The van der Waals surface area contributed by atoms with Gasteiger partial charge in [0.2, 0.25) is 0 Å². The normalized spacial score (nSPS) is 18.0. The predicted octanol–water partition coefficient (Wildman–Crippen LogP) is 5.49. The Kier molecular flexibility index (Phi) is 8.30. The van der Waals surface area contributed by atoms with Gasteiger partial charge in [-0.1, -0.05) is 12.1 Å². The number of halogens is 5. The van der Waals surface area contributed by atoms with Gasteiger partial charge in [0.15, 0.2) is 5.78 Å². The first kappa shape index (κ1) is 30.0. The third-order valence-electron chi connectivity index (χ3n) is 7.58. The van der Waals surface area contributed by atoms with E-state index in [1.807, 2.05) is 4.90 Å². The van der Waals surface area contributed by atoms with Gasteiger partial charge in [0, 0.05) is 43.0 Å². The van der Waals surface area contributed by atoms with Crippen LogP contribution >= 0.6 is 11.3 Å². The number of carbonyl (C=O) groups excluding carboxylic acids is 1. The van der Waals surface area contributed by atoms with Crippen LogP contribution in [0.4, 0.5) is 27.8 Å². The lowest BCUT2D eigenvalue weighted by atomic mass is 9.97. The minimum atomic E-state index is -4.58. The molecule has 5 rings (SSSR count). The second kappa shape index (κ2) is 11.6. The molecule has 4 heterocycles. The number of aliphatic carboxylic acids is 1. The molecule has 0 aliphatic carbocycles. The molecule has 8 nitrogen and oxygen atoms in total. The molecule has 0 radical (unpaired) electrons. The van der Waals surface area contributed by atoms with E-state index in [2.05, 4.69) is 15.0 Å². The first-order valence-corrected chi connectivity index (χ1v) is 14.2. The lowest BCUT2D eigenvalue weighted by Gasteiger charge is -2.30. The van der Waals surface area contributed by atoms with Crippen molar-refractivity contribution in [3.63, 3.8) is 0 Å². The summed E-state index contributed by atoms with van der Waals surface area (Å²) in [5, 5.41) is 9.50. The van der Waals surface area contributed by atoms with Gasteiger partial charge in [0.1, 0.15) is 16.5 Å². The van der Waals surface area contributed by atoms with Crippen LogP contribution in [0, 0.1) is 12.8 Å². The van der Waals surface area contributed by atoms with Crippen LogP contribution in [0.1, 0.15) is 50.8 Å². The largest absolute Gasteiger partial charge is 0.481 e. The highest BCUT2D eigenvalue weighted by Gasteiger charge is 2.39. The Morgan fingerprint density at radius 3 is 2.45 bits per heavy atom. The molecule has 224 valence electrons. The zero-order valence-corrected chi connectivity index (χ0v) is 23.4. The number of likely N-dealkylation sites (tertiary alicyclic amines) is 1. The zero-order valence-electron chi connectivity index (χ0n) is 22.6. The third-order valence-corrected chi connectivity index (χ3v) is 8.62. The van der Waals surface area contributed by atoms with Crippen molar-refractivity contribution in [3.8, 4) is 11.3 Å². The highest BCUT2D eigenvalue weighted by atomic mass is 32.1. The summed E-state index contributed by atoms with van der Waals surface area (Å²) in [7, 11) is 0. The second-order valence-electron chi connectivity index (χ2n) is 10.7. The number of carboxylic acid groups (broad SMARTS) is 1. The molecule has 2 aromatic heterocycles. The van der Waals surface area contributed by atoms with Crippen molar-refractivity contribution in [3.05, 3.63) is 57.3 Å². The van der Waals surface area contributed by atoms with Crippen LogP contribution in [0.25, 0.3) is 11.3 Å². The van der Waals surface area contributed by atoms with Gasteiger partial charge in [-0.05, 0) is 31.4 Å². The highest BCUT2D eigenvalue weighted by Crippen LogP contribution is 2.38. The van der Waals surface area contributed by atoms with E-state index >= 15 is 0 Å². The Morgan fingerprint density at radius 1 is 1.12 bits per heavy atom. The molecule has 0 saturated carbocycles. The van der Waals surface area contributed by atoms with Crippen LogP contribution in [0.5, 0.6) is 0 Å². The Bertz CT molecular complexity index is 1470. The number of thiazole rings is 1. The number of anilines is 1. The van der Waals surface area contributed by atoms with Crippen molar-refractivity contribution >= 4 is 28.9 Å². The van der Waals surface area contributed by atoms with Crippen LogP contribution in [0.15, 0.2) is 30.6 Å². The van der Waals surface area contributed by atoms with Crippen molar-refractivity contribution in [1.82, 2.24) is 19.9 Å². The highest BCUT2D eigenvalue weighted by molar-refractivity contribution is 7.12. The molecule has 0 spiro atoms. The number of nitrogens with zero attached hydrogens (tertiary/aromatic N) is 5. The summed E-state index contributed by atoms with van der Waals surface area (Å²) in [5.41, 5.74) is -0.265. The maximum Gasteiger partial charge on any atom is 0.416 e. The molecule has 2 fully saturated rings. The maximum atomic E-state index is 13.8. The Hall–Kier alpha value is -3.52. The van der Waals surface area contributed by atoms with Crippen LogP contribution in [0.3, 0.4) is 0 Å². The number of hydrogen-bond acceptors (Lipinski definition) is 8. The molecule has 2 aliphatic rings. The average molecular weight is 610 g/mol. The van der Waals surface area contributed by atoms with E-state index in [1.165, 1.54) is 36.4 Å². The monoisotopic (exact) mass is 609 g/mol. The standard InChI is InChI=1S/C28H28F5N5O3S/c1-16-2-3-18(10-19(16)28(31,32)33)25-22(14-37-9-6-27(29,30)15-37)42-24(36-25)11-21(39)20-12-35-23(13-34-20)38-7-4-17(5-8-38)26(40)41/h2-3,10,12-13,17H,4-9,11,14-15H2,1H3,(H,40,41). The van der Waals surface area contributed by atoms with Crippen molar-refractivity contribution in [1.29, 1.82) is 0 Å². The molecule has 3 aromatic rings. The smallest absolute Gasteiger partial charge is 0.416 e. The summed E-state index contributed by atoms with van der Waals surface area (Å²) in [6.07, 6.45) is -1.34. The van der Waals surface area contributed by atoms with Crippen LogP contribution in [-0.4, -0.2) is 68.8 Å². The lowest BCUT2D eigenvalue weighted by molar-refractivity contribution is -0.142. The van der Waals surface area contributed by atoms with Gasteiger partial charge < -0.3 is 10.0 Å². The Labute approximate surface area is 242 Å². The summed E-state index contributed by atoms with van der Waals surface area (Å²) >= 11 is 1.11. The first-order valence-electron chi connectivity index (χ1n) is 13.4. The van der Waals surface area contributed by atoms with Gasteiger partial charge in [-0.25, -0.2) is 23.7 Å². The van der Waals surface area contributed by atoms with Gasteiger partial charge >= 0.3 is 12.1 Å². The SMILES string of the molecule is Cc1ccc(-c2nc(CC(=O)c3cnc(N4CCC(C(=O)O)CC4)cn3)sc2CN2CCC(F)(F)C2)cc1C(F)(F)F. The Balaban J connectivity index is 1.36. The minimum absolute atomic E-state index is 0.0471. The molecule has 14 heteroatoms. The minimum Gasteiger partial charge on any atom is -0.481 e. The van der Waals surface area contributed by atoms with Gasteiger partial charge in [0.05, 0.1) is 42.5 Å². The van der Waals surface area contributed by atoms with Crippen molar-refractivity contribution in [2.45, 2.75) is 51.3 Å². The lowest BCUT2D eigenvalue weighted by Crippen LogP contribution is -2.36. The number of aryl methyl sites for hydroxylation is 1. The van der Waals surface area contributed by atoms with E-state index in [9.17, 15) is 36.6 Å². The number of ketones is 1. The van der Waals surface area contributed by atoms with Crippen molar-refractivity contribution in [2.24, 2.45) is 5.92 Å². The van der Waals surface area contributed by atoms with E-state index in [4.69, 9.17) is 0 Å². The molecular formula is C28H28F5N5O3S. The molecule has 1 aromatic carbocycles. The third kappa shape index (κ3) is 6.75. The maximum absolute atomic E-state index is 13.8. The van der Waals surface area contributed by atoms with Gasteiger partial charge in [-0.2, -0.15) is 13.2 Å². The van der Waals surface area contributed by atoms with Gasteiger partial charge in [-0.3, -0.25) is 14.5 Å². The fourth-order valence-corrected chi connectivity index (χ4v) is 6.37. The van der Waals surface area contributed by atoms with E-state index in [0.717, 1.165) is 17.4 Å². The van der Waals surface area contributed by atoms with Crippen molar-refractivity contribution < 1.29 is 36.6 Å². The van der Waals surface area contributed by atoms with E-state index in [-0.39, 0.29) is 48.4 Å². The molecule has 0 bridgehead atoms. The fourth-order valence-electron chi connectivity index (χ4n) is 5.24. The van der Waals surface area contributed by atoms with Crippen molar-refractivity contribution in [2.75, 3.05) is 31.1 Å². The summed E-state index contributed by atoms with van der Waals surface area (Å²) in [6, 6.07) is 3.86. The number of piperidine rings is 1. The predicted molar refractivity (Wildman–Crippen MR) is 145 cm³/mol. The average Bonchev–Trinajstić information content (AvgIpc) is 3.49. The number of carboxylic acids is 1. The quantitative estimate of drug-likeness (QED) is 0.264. The topological polar surface area (TPSA) is 99.5 Å². The summed E-state index contributed by atoms with van der Waals surface area (Å²) in [5.74, 6) is -3.94. The van der Waals surface area contributed by atoms with Crippen LogP contribution < -0.4 is 4.90 Å². The van der Waals surface area contributed by atoms with E-state index in [1.54, 1.807) is 0 Å². The van der Waals surface area contributed by atoms with Gasteiger partial charge in [0.25, 0.3) is 5.92 Å². The molecular weight excluding hydrogens is 581 g/mol. The van der Waals surface area contributed by atoms with Crippen LogP contribution in [0.2, 0.25) is 0 Å². The van der Waals surface area contributed by atoms with Gasteiger partial charge in [-0.15, -0.1) is 11.3 Å².